The minimum Gasteiger partial charge on any atom is -0.376 e. The Kier molecular flexibility index (Phi) is 7.60. The SMILES string of the molecule is Cc1ccccc1[C@@H](C(=O)NC1CCCCC1)N(C[C@@H]1CCCO1)C(=O)Cn1nnc2ccccc21. The maximum atomic E-state index is 14.0. The third kappa shape index (κ3) is 5.43. The number of ether oxygens (including phenoxy) is 1. The van der Waals surface area contributed by atoms with E-state index in [1.807, 2.05) is 55.5 Å². The van der Waals surface area contributed by atoms with Gasteiger partial charge in [-0.15, -0.1) is 5.10 Å². The number of para-hydroxylation sites is 1. The van der Waals surface area contributed by atoms with Crippen molar-refractivity contribution in [1.82, 2.24) is 25.2 Å². The molecule has 2 heterocycles. The van der Waals surface area contributed by atoms with Gasteiger partial charge in [0.05, 0.1) is 11.6 Å². The van der Waals surface area contributed by atoms with Crippen molar-refractivity contribution < 1.29 is 14.3 Å². The predicted molar refractivity (Wildman–Crippen MR) is 137 cm³/mol. The number of carbonyl (C=O) groups excluding carboxylic acids is 2. The number of benzene rings is 2. The summed E-state index contributed by atoms with van der Waals surface area (Å²) >= 11 is 0. The third-order valence-electron chi connectivity index (χ3n) is 7.44. The van der Waals surface area contributed by atoms with Gasteiger partial charge in [-0.25, -0.2) is 4.68 Å². The third-order valence-corrected chi connectivity index (χ3v) is 7.44. The van der Waals surface area contributed by atoms with Crippen LogP contribution < -0.4 is 5.32 Å². The van der Waals surface area contributed by atoms with E-state index in [0.29, 0.717) is 13.2 Å². The number of carbonyl (C=O) groups is 2. The standard InChI is InChI=1S/C28H35N5O3/c1-20-10-5-6-14-23(20)27(28(35)29-21-11-3-2-4-12-21)32(18-22-13-9-17-36-22)26(34)19-33-25-16-8-7-15-24(25)30-31-33/h5-8,10,14-16,21-22,27H,2-4,9,11-13,17-19H2,1H3,(H,29,35)/t22-,27-/m0/s1. The molecule has 8 nitrogen and oxygen atoms in total. The maximum Gasteiger partial charge on any atom is 0.247 e. The smallest absolute Gasteiger partial charge is 0.247 e. The lowest BCUT2D eigenvalue weighted by molar-refractivity contribution is -0.143. The molecule has 190 valence electrons. The van der Waals surface area contributed by atoms with Crippen LogP contribution in [-0.4, -0.2) is 57.0 Å². The lowest BCUT2D eigenvalue weighted by Crippen LogP contribution is -2.50. The second-order valence-electron chi connectivity index (χ2n) is 10.0. The molecule has 1 saturated carbocycles. The Labute approximate surface area is 212 Å². The number of rotatable bonds is 8. The zero-order valence-electron chi connectivity index (χ0n) is 20.9. The van der Waals surface area contributed by atoms with Crippen molar-refractivity contribution in [3.8, 4) is 0 Å². The number of amides is 2. The van der Waals surface area contributed by atoms with Crippen LogP contribution in [0.2, 0.25) is 0 Å². The van der Waals surface area contributed by atoms with E-state index in [1.54, 1.807) is 9.58 Å². The number of hydrogen-bond acceptors (Lipinski definition) is 5. The number of hydrogen-bond donors (Lipinski definition) is 1. The molecule has 8 heteroatoms. The average molecular weight is 490 g/mol. The predicted octanol–water partition coefficient (Wildman–Crippen LogP) is 3.94. The fourth-order valence-electron chi connectivity index (χ4n) is 5.48. The molecular weight excluding hydrogens is 454 g/mol. The highest BCUT2D eigenvalue weighted by atomic mass is 16.5. The quantitative estimate of drug-likeness (QED) is 0.518. The van der Waals surface area contributed by atoms with Crippen LogP contribution >= 0.6 is 0 Å². The highest BCUT2D eigenvalue weighted by molar-refractivity contribution is 5.89. The summed E-state index contributed by atoms with van der Waals surface area (Å²) in [5.74, 6) is -0.292. The molecule has 2 aliphatic rings. The van der Waals surface area contributed by atoms with Gasteiger partial charge in [-0.1, -0.05) is 60.9 Å². The Balaban J connectivity index is 1.48. The van der Waals surface area contributed by atoms with Gasteiger partial charge in [0, 0.05) is 19.2 Å². The average Bonchev–Trinajstić information content (AvgIpc) is 3.55. The molecule has 1 aliphatic heterocycles. The van der Waals surface area contributed by atoms with Gasteiger partial charge in [0.2, 0.25) is 11.8 Å². The molecule has 2 amide bonds. The van der Waals surface area contributed by atoms with Crippen molar-refractivity contribution in [3.63, 3.8) is 0 Å². The zero-order valence-corrected chi connectivity index (χ0v) is 20.9. The van der Waals surface area contributed by atoms with Crippen molar-refractivity contribution in [2.24, 2.45) is 0 Å². The highest BCUT2D eigenvalue weighted by Crippen LogP contribution is 2.28. The summed E-state index contributed by atoms with van der Waals surface area (Å²) in [6, 6.07) is 14.9. The Morgan fingerprint density at radius 2 is 1.83 bits per heavy atom. The number of aryl methyl sites for hydroxylation is 1. The van der Waals surface area contributed by atoms with Gasteiger partial charge >= 0.3 is 0 Å². The Hall–Kier alpha value is -3.26. The van der Waals surface area contributed by atoms with Crippen molar-refractivity contribution in [2.45, 2.75) is 76.6 Å². The van der Waals surface area contributed by atoms with E-state index < -0.39 is 6.04 Å². The van der Waals surface area contributed by atoms with E-state index in [2.05, 4.69) is 15.6 Å². The van der Waals surface area contributed by atoms with Crippen LogP contribution in [-0.2, 0) is 20.9 Å². The molecule has 0 bridgehead atoms. The van der Waals surface area contributed by atoms with Crippen LogP contribution in [0.3, 0.4) is 0 Å². The van der Waals surface area contributed by atoms with Gasteiger partial charge in [0.1, 0.15) is 18.1 Å². The van der Waals surface area contributed by atoms with E-state index in [-0.39, 0.29) is 30.5 Å². The van der Waals surface area contributed by atoms with Crippen molar-refractivity contribution in [1.29, 1.82) is 0 Å². The summed E-state index contributed by atoms with van der Waals surface area (Å²) < 4.78 is 7.54. The van der Waals surface area contributed by atoms with Gasteiger partial charge in [-0.2, -0.15) is 0 Å². The first-order chi connectivity index (χ1) is 17.6. The van der Waals surface area contributed by atoms with E-state index in [0.717, 1.165) is 60.7 Å². The molecular formula is C28H35N5O3. The number of nitrogens with one attached hydrogen (secondary N) is 1. The van der Waals surface area contributed by atoms with Gasteiger partial charge in [-0.3, -0.25) is 9.59 Å². The monoisotopic (exact) mass is 489 g/mol. The molecule has 1 aromatic heterocycles. The molecule has 2 atom stereocenters. The Bertz CT molecular complexity index is 1200. The maximum absolute atomic E-state index is 14.0. The molecule has 1 N–H and O–H groups in total. The summed E-state index contributed by atoms with van der Waals surface area (Å²) in [7, 11) is 0. The molecule has 1 aliphatic carbocycles. The van der Waals surface area contributed by atoms with Crippen molar-refractivity contribution in [2.75, 3.05) is 13.2 Å². The fraction of sp³-hybridized carbons (Fsp3) is 0.500. The topological polar surface area (TPSA) is 89.4 Å². The minimum absolute atomic E-state index is 0.00627. The number of nitrogens with zero attached hydrogens (tertiary/aromatic N) is 4. The minimum atomic E-state index is -0.736. The van der Waals surface area contributed by atoms with Crippen LogP contribution in [0.5, 0.6) is 0 Å². The summed E-state index contributed by atoms with van der Waals surface area (Å²) in [5, 5.41) is 11.7. The first-order valence-electron chi connectivity index (χ1n) is 13.2. The van der Waals surface area contributed by atoms with Crippen LogP contribution in [0.4, 0.5) is 0 Å². The van der Waals surface area contributed by atoms with E-state index in [1.165, 1.54) is 6.42 Å². The fourth-order valence-corrected chi connectivity index (χ4v) is 5.48. The van der Waals surface area contributed by atoms with Gasteiger partial charge in [-0.05, 0) is 55.9 Å². The van der Waals surface area contributed by atoms with Crippen LogP contribution in [0.1, 0.15) is 62.1 Å². The van der Waals surface area contributed by atoms with Crippen LogP contribution in [0.25, 0.3) is 11.0 Å². The second-order valence-corrected chi connectivity index (χ2v) is 10.0. The lowest BCUT2D eigenvalue weighted by atomic mass is 9.94. The normalized spacial score (nSPS) is 19.3. The molecule has 2 fully saturated rings. The van der Waals surface area contributed by atoms with Crippen LogP contribution in [0, 0.1) is 6.92 Å². The zero-order chi connectivity index (χ0) is 24.9. The summed E-state index contributed by atoms with van der Waals surface area (Å²) in [4.78, 5) is 29.6. The van der Waals surface area contributed by atoms with Crippen LogP contribution in [0.15, 0.2) is 48.5 Å². The Morgan fingerprint density at radius 1 is 1.06 bits per heavy atom. The molecule has 0 radical (unpaired) electrons. The molecule has 0 spiro atoms. The van der Waals surface area contributed by atoms with Crippen molar-refractivity contribution in [3.05, 3.63) is 59.7 Å². The number of fused-ring (bicyclic) bond motifs is 1. The first kappa shape index (κ1) is 24.4. The first-order valence-corrected chi connectivity index (χ1v) is 13.2. The summed E-state index contributed by atoms with van der Waals surface area (Å²) in [5.41, 5.74) is 3.36. The van der Waals surface area contributed by atoms with E-state index in [4.69, 9.17) is 4.74 Å². The van der Waals surface area contributed by atoms with Gasteiger partial charge in [0.25, 0.3) is 0 Å². The Morgan fingerprint density at radius 3 is 2.61 bits per heavy atom. The second kappa shape index (κ2) is 11.2. The van der Waals surface area contributed by atoms with Gasteiger partial charge < -0.3 is 15.0 Å². The molecule has 0 unspecified atom stereocenters. The molecule has 36 heavy (non-hydrogen) atoms. The largest absolute Gasteiger partial charge is 0.376 e. The number of aromatic nitrogens is 3. The molecule has 5 rings (SSSR count). The molecule has 2 aromatic carbocycles. The van der Waals surface area contributed by atoms with Gasteiger partial charge in [0.15, 0.2) is 0 Å². The van der Waals surface area contributed by atoms with E-state index in [9.17, 15) is 9.59 Å². The van der Waals surface area contributed by atoms with Crippen molar-refractivity contribution >= 4 is 22.8 Å². The molecule has 3 aromatic rings. The van der Waals surface area contributed by atoms with E-state index >= 15 is 0 Å². The highest BCUT2D eigenvalue weighted by Gasteiger charge is 2.36. The molecule has 1 saturated heterocycles. The summed E-state index contributed by atoms with van der Waals surface area (Å²) in [6.45, 7) is 3.05. The summed E-state index contributed by atoms with van der Waals surface area (Å²) in [6.07, 6.45) is 7.17. The lowest BCUT2D eigenvalue weighted by Gasteiger charge is -2.35.